The molecule has 0 atom stereocenters. The molecule has 0 heterocycles. The molecule has 14 aromatic rings. The van der Waals surface area contributed by atoms with Gasteiger partial charge in [0.15, 0.2) is 0 Å². The first-order chi connectivity index (χ1) is 41.6. The SMILES string of the molecule is Cc1cc(C)c(N(c2c(C)cc(C)cc2C)c2c3ccccc3c(-c3cc(-c4c5ccccc5cc5ccccc45)cc(-c4c5ccccc5c(N(c5c(C)cc(C)cc5C)c5c(C)cc(C)cc5C)c5ccccc45)c3)c3ccccc23)c(C)c1. The maximum absolute atomic E-state index is 2.62. The van der Waals surface area contributed by atoms with Crippen molar-refractivity contribution < 1.29 is 0 Å². The van der Waals surface area contributed by atoms with Crippen molar-refractivity contribution in [2.75, 3.05) is 9.80 Å². The predicted molar refractivity (Wildman–Crippen MR) is 374 cm³/mol. The van der Waals surface area contributed by atoms with Gasteiger partial charge in [-0.15, -0.1) is 0 Å². The lowest BCUT2D eigenvalue weighted by Crippen LogP contribution is -2.17. The van der Waals surface area contributed by atoms with Gasteiger partial charge in [0.1, 0.15) is 0 Å². The van der Waals surface area contributed by atoms with Crippen molar-refractivity contribution in [3.05, 3.63) is 285 Å². The van der Waals surface area contributed by atoms with Crippen molar-refractivity contribution in [2.24, 2.45) is 0 Å². The zero-order valence-electron chi connectivity index (χ0n) is 51.7. The molecule has 0 unspecified atom stereocenters. The second-order valence-corrected chi connectivity index (χ2v) is 24.8. The average Bonchev–Trinajstić information content (AvgIpc) is 0.896. The highest BCUT2D eigenvalue weighted by molar-refractivity contribution is 6.26. The number of fused-ring (bicyclic) bond motifs is 6. The van der Waals surface area contributed by atoms with E-state index in [1.165, 1.54) is 199 Å². The highest BCUT2D eigenvalue weighted by Crippen LogP contribution is 2.55. The van der Waals surface area contributed by atoms with E-state index in [0.717, 1.165) is 0 Å². The quantitative estimate of drug-likeness (QED) is 0.133. The maximum Gasteiger partial charge on any atom is 0.0619 e. The van der Waals surface area contributed by atoms with Crippen LogP contribution in [0.25, 0.3) is 98.0 Å². The molecule has 0 aromatic heterocycles. The van der Waals surface area contributed by atoms with Gasteiger partial charge in [-0.25, -0.2) is 0 Å². The Labute approximate surface area is 507 Å². The van der Waals surface area contributed by atoms with Gasteiger partial charge in [0.05, 0.1) is 34.1 Å². The van der Waals surface area contributed by atoms with Gasteiger partial charge in [-0.2, -0.15) is 0 Å². The van der Waals surface area contributed by atoms with Gasteiger partial charge in [-0.1, -0.05) is 216 Å². The summed E-state index contributed by atoms with van der Waals surface area (Å²) in [6.45, 7) is 27.2. The summed E-state index contributed by atoms with van der Waals surface area (Å²) in [5, 5.41) is 14.5. The Kier molecular flexibility index (Phi) is 13.3. The standard InChI is InChI=1S/C84H72N2/c1-49-37-53(5)79(54(6)38-49)85(80-55(7)39-50(2)40-56(80)8)83-72-33-21-17-29-68(72)77(69-30-18-22-34-73(69)83)64-46-63(76-66-27-15-13-25-61(66)45-62-26-14-16-28-67(62)76)47-65(48-64)78-70-31-19-23-35-74(70)84(75-36-24-20-32-71(75)78)86(81-57(9)41-51(3)42-58(81)10)82-59(11)43-52(4)44-60(82)12/h13-48H,1-12H3. The van der Waals surface area contributed by atoms with Crippen LogP contribution in [-0.4, -0.2) is 0 Å². The number of benzene rings is 14. The lowest BCUT2D eigenvalue weighted by Gasteiger charge is -2.34. The van der Waals surface area contributed by atoms with Crippen LogP contribution < -0.4 is 9.80 Å². The third-order valence-electron chi connectivity index (χ3n) is 18.3. The Morgan fingerprint density at radius 2 is 0.384 bits per heavy atom. The van der Waals surface area contributed by atoms with Crippen LogP contribution in [0.4, 0.5) is 34.1 Å². The fourth-order valence-electron chi connectivity index (χ4n) is 15.5. The first kappa shape index (κ1) is 54.2. The molecule has 0 saturated heterocycles. The number of rotatable bonds is 9. The van der Waals surface area contributed by atoms with E-state index in [4.69, 9.17) is 0 Å². The molecule has 0 aliphatic heterocycles. The first-order valence-electron chi connectivity index (χ1n) is 30.5. The zero-order valence-corrected chi connectivity index (χ0v) is 51.7. The number of nitrogens with zero attached hydrogens (tertiary/aromatic N) is 2. The number of hydrogen-bond acceptors (Lipinski definition) is 2. The normalized spacial score (nSPS) is 11.7. The Balaban J connectivity index is 1.14. The van der Waals surface area contributed by atoms with E-state index >= 15 is 0 Å². The van der Waals surface area contributed by atoms with Crippen LogP contribution in [0.3, 0.4) is 0 Å². The molecule has 0 spiro atoms. The molecule has 0 radical (unpaired) electrons. The van der Waals surface area contributed by atoms with Gasteiger partial charge in [-0.3, -0.25) is 0 Å². The van der Waals surface area contributed by atoms with Gasteiger partial charge in [-0.05, 0) is 228 Å². The van der Waals surface area contributed by atoms with Gasteiger partial charge in [0.2, 0.25) is 0 Å². The van der Waals surface area contributed by atoms with Crippen molar-refractivity contribution in [1.29, 1.82) is 0 Å². The summed E-state index contributed by atoms with van der Waals surface area (Å²) in [4.78, 5) is 5.24. The van der Waals surface area contributed by atoms with Gasteiger partial charge >= 0.3 is 0 Å². The molecular weight excluding hydrogens is 1040 g/mol. The molecule has 0 amide bonds. The minimum absolute atomic E-state index is 1.17. The molecule has 14 aromatic carbocycles. The van der Waals surface area contributed by atoms with Gasteiger partial charge in [0, 0.05) is 21.5 Å². The molecule has 0 bridgehead atoms. The summed E-state index contributed by atoms with van der Waals surface area (Å²) in [7, 11) is 0. The molecule has 418 valence electrons. The number of anilines is 6. The van der Waals surface area contributed by atoms with Crippen molar-refractivity contribution in [1.82, 2.24) is 0 Å². The van der Waals surface area contributed by atoms with Crippen LogP contribution in [-0.2, 0) is 0 Å². The van der Waals surface area contributed by atoms with Crippen molar-refractivity contribution >= 4 is 98.8 Å². The van der Waals surface area contributed by atoms with Crippen molar-refractivity contribution in [3.63, 3.8) is 0 Å². The van der Waals surface area contributed by atoms with Crippen LogP contribution in [0.2, 0.25) is 0 Å². The van der Waals surface area contributed by atoms with E-state index < -0.39 is 0 Å². The Morgan fingerprint density at radius 3 is 0.628 bits per heavy atom. The topological polar surface area (TPSA) is 6.48 Å². The van der Waals surface area contributed by atoms with Crippen LogP contribution >= 0.6 is 0 Å². The highest BCUT2D eigenvalue weighted by atomic mass is 15.2. The molecule has 14 rings (SSSR count). The second kappa shape index (κ2) is 21.1. The summed E-state index contributed by atoms with van der Waals surface area (Å²) in [5.41, 5.74) is 29.5. The lowest BCUT2D eigenvalue weighted by atomic mass is 9.83. The van der Waals surface area contributed by atoms with Crippen LogP contribution in [0, 0.1) is 83.1 Å². The molecule has 0 N–H and O–H groups in total. The second-order valence-electron chi connectivity index (χ2n) is 24.8. The van der Waals surface area contributed by atoms with E-state index in [2.05, 4.69) is 311 Å². The molecule has 0 aliphatic rings. The predicted octanol–water partition coefficient (Wildman–Crippen LogP) is 24.2. The van der Waals surface area contributed by atoms with E-state index in [0.29, 0.717) is 0 Å². The van der Waals surface area contributed by atoms with E-state index in [-0.39, 0.29) is 0 Å². The van der Waals surface area contributed by atoms with Gasteiger partial charge < -0.3 is 9.80 Å². The average molecular weight is 1110 g/mol. The third-order valence-corrected chi connectivity index (χ3v) is 18.3. The summed E-state index contributed by atoms with van der Waals surface area (Å²) >= 11 is 0. The minimum Gasteiger partial charge on any atom is -0.308 e. The molecular formula is C84H72N2. The fourth-order valence-corrected chi connectivity index (χ4v) is 15.5. The molecule has 86 heavy (non-hydrogen) atoms. The number of hydrogen-bond donors (Lipinski definition) is 0. The summed E-state index contributed by atoms with van der Waals surface area (Å²) < 4.78 is 0. The summed E-state index contributed by atoms with van der Waals surface area (Å²) in [6.07, 6.45) is 0. The smallest absolute Gasteiger partial charge is 0.0619 e. The minimum atomic E-state index is 1.17. The van der Waals surface area contributed by atoms with Crippen LogP contribution in [0.15, 0.2) is 218 Å². The van der Waals surface area contributed by atoms with Gasteiger partial charge in [0.25, 0.3) is 0 Å². The van der Waals surface area contributed by atoms with E-state index in [9.17, 15) is 0 Å². The summed E-state index contributed by atoms with van der Waals surface area (Å²) in [6, 6.07) is 83.5. The largest absolute Gasteiger partial charge is 0.308 e. The monoisotopic (exact) mass is 1110 g/mol. The molecule has 0 aliphatic carbocycles. The summed E-state index contributed by atoms with van der Waals surface area (Å²) in [5.74, 6) is 0. The van der Waals surface area contributed by atoms with Crippen molar-refractivity contribution in [3.8, 4) is 33.4 Å². The number of aryl methyl sites for hydroxylation is 12. The highest BCUT2D eigenvalue weighted by Gasteiger charge is 2.30. The van der Waals surface area contributed by atoms with Crippen LogP contribution in [0.1, 0.15) is 66.8 Å². The molecule has 0 saturated carbocycles. The third kappa shape index (κ3) is 8.84. The van der Waals surface area contributed by atoms with Crippen LogP contribution in [0.5, 0.6) is 0 Å². The first-order valence-corrected chi connectivity index (χ1v) is 30.5. The Bertz CT molecular complexity index is 4510. The fraction of sp³-hybridized carbons (Fsp3) is 0.143. The molecule has 2 nitrogen and oxygen atoms in total. The maximum atomic E-state index is 2.62. The van der Waals surface area contributed by atoms with E-state index in [1.54, 1.807) is 0 Å². The zero-order chi connectivity index (χ0) is 59.4. The Morgan fingerprint density at radius 1 is 0.186 bits per heavy atom. The molecule has 2 heteroatoms. The molecule has 0 fully saturated rings. The lowest BCUT2D eigenvalue weighted by molar-refractivity contribution is 1.17. The van der Waals surface area contributed by atoms with E-state index in [1.807, 2.05) is 0 Å². The van der Waals surface area contributed by atoms with Crippen molar-refractivity contribution in [2.45, 2.75) is 83.1 Å². The Hall–Kier alpha value is -9.76.